The van der Waals surface area contributed by atoms with E-state index in [1.807, 2.05) is 31.2 Å². The summed E-state index contributed by atoms with van der Waals surface area (Å²) in [4.78, 5) is 55.8. The molecule has 0 fully saturated rings. The third kappa shape index (κ3) is 10.2. The van der Waals surface area contributed by atoms with Crippen molar-refractivity contribution in [3.8, 4) is 11.1 Å². The topological polar surface area (TPSA) is 147 Å². The number of nitrogens with one attached hydrogen (secondary N) is 2. The molecule has 0 unspecified atom stereocenters. The van der Waals surface area contributed by atoms with Crippen LogP contribution in [0.3, 0.4) is 0 Å². The molecule has 3 rings (SSSR count). The van der Waals surface area contributed by atoms with Crippen molar-refractivity contribution in [3.63, 3.8) is 0 Å². The lowest BCUT2D eigenvalue weighted by molar-refractivity contribution is -0.148. The summed E-state index contributed by atoms with van der Waals surface area (Å²) in [5, 5.41) is 15.8. The molecule has 1 heterocycles. The molecule has 3 amide bonds. The van der Waals surface area contributed by atoms with E-state index in [1.165, 1.54) is 0 Å². The first kappa shape index (κ1) is 35.8. The van der Waals surface area contributed by atoms with Crippen LogP contribution in [0.1, 0.15) is 72.2 Å². The normalized spacial score (nSPS) is 11.7. The number of pyridine rings is 1. The minimum atomic E-state index is -1.64. The number of fused-ring (bicyclic) bond motifs is 1. The van der Waals surface area contributed by atoms with Gasteiger partial charge in [0.1, 0.15) is 11.2 Å². The fraction of sp³-hybridized carbons (Fsp3) is 0.457. The van der Waals surface area contributed by atoms with Gasteiger partial charge < -0.3 is 30.1 Å². The highest BCUT2D eigenvalue weighted by Crippen LogP contribution is 2.36. The molecule has 0 atom stereocenters. The summed E-state index contributed by atoms with van der Waals surface area (Å²) < 4.78 is 10.8. The Labute approximate surface area is 270 Å². The van der Waals surface area contributed by atoms with Crippen LogP contribution in [-0.4, -0.2) is 58.4 Å². The summed E-state index contributed by atoms with van der Waals surface area (Å²) >= 11 is 0. The van der Waals surface area contributed by atoms with Crippen molar-refractivity contribution in [3.05, 3.63) is 59.3 Å². The van der Waals surface area contributed by atoms with Gasteiger partial charge in [0.25, 0.3) is 0 Å². The van der Waals surface area contributed by atoms with E-state index in [2.05, 4.69) is 24.5 Å². The van der Waals surface area contributed by atoms with Crippen molar-refractivity contribution in [2.45, 2.75) is 86.5 Å². The van der Waals surface area contributed by atoms with Crippen LogP contribution in [0, 0.1) is 12.8 Å². The average Bonchev–Trinajstić information content (AvgIpc) is 2.92. The monoisotopic (exact) mass is 634 g/mol. The number of alkyl carbamates (subject to hydrolysis) is 2. The number of carboxylic acids is 1. The summed E-state index contributed by atoms with van der Waals surface area (Å²) in [5.41, 5.74) is 3.88. The lowest BCUT2D eigenvalue weighted by Crippen LogP contribution is -2.43. The predicted octanol–water partition coefficient (Wildman–Crippen LogP) is 6.38. The second-order valence-corrected chi connectivity index (χ2v) is 13.6. The van der Waals surface area contributed by atoms with Gasteiger partial charge in [0.15, 0.2) is 0 Å². The number of carbonyl (C=O) groups excluding carboxylic acids is 3. The predicted molar refractivity (Wildman–Crippen MR) is 178 cm³/mol. The summed E-state index contributed by atoms with van der Waals surface area (Å²) in [5.74, 6) is -2.53. The number of aliphatic carboxylic acids is 1. The Morgan fingerprint density at radius 1 is 0.891 bits per heavy atom. The van der Waals surface area contributed by atoms with Crippen molar-refractivity contribution in [2.75, 3.05) is 18.0 Å². The maximum absolute atomic E-state index is 12.9. The van der Waals surface area contributed by atoms with Crippen LogP contribution in [0.5, 0.6) is 0 Å². The number of amides is 3. The van der Waals surface area contributed by atoms with Gasteiger partial charge >= 0.3 is 24.1 Å². The number of benzene rings is 2. The van der Waals surface area contributed by atoms with Crippen molar-refractivity contribution in [1.82, 2.24) is 15.6 Å². The van der Waals surface area contributed by atoms with Gasteiger partial charge in [-0.1, -0.05) is 43.7 Å². The van der Waals surface area contributed by atoms with E-state index in [0.29, 0.717) is 23.0 Å². The fourth-order valence-corrected chi connectivity index (χ4v) is 4.83. The zero-order valence-corrected chi connectivity index (χ0v) is 28.2. The van der Waals surface area contributed by atoms with Crippen molar-refractivity contribution in [2.24, 2.45) is 5.92 Å². The molecule has 0 saturated heterocycles. The molecule has 11 heteroatoms. The lowest BCUT2D eigenvalue weighted by atomic mass is 9.91. The van der Waals surface area contributed by atoms with E-state index in [4.69, 9.17) is 14.5 Å². The van der Waals surface area contributed by atoms with Gasteiger partial charge in [0.2, 0.25) is 0 Å². The van der Waals surface area contributed by atoms with Crippen molar-refractivity contribution in [1.29, 1.82) is 0 Å². The van der Waals surface area contributed by atoms with E-state index in [-0.39, 0.29) is 25.6 Å². The summed E-state index contributed by atoms with van der Waals surface area (Å²) in [7, 11) is 0. The third-order valence-electron chi connectivity index (χ3n) is 6.65. The van der Waals surface area contributed by atoms with Crippen LogP contribution in [-0.2, 0) is 32.0 Å². The van der Waals surface area contributed by atoms with Crippen LogP contribution >= 0.6 is 0 Å². The van der Waals surface area contributed by atoms with Gasteiger partial charge in [0.05, 0.1) is 5.52 Å². The molecule has 2 aromatic carbocycles. The standard InChI is InChI=1S/C35H46N4O7/c1-21(2)18-28-26(20-37-33(44)46-35(7,8)9)29(23-12-10-22(3)11-13-23)25-19-24(14-15-27(25)38-28)39(30(40)31(41)42)17-16-36-32(43)45-34(4,5)6/h10-15,19,21H,16-18,20H2,1-9H3,(H,36,43)(H,37,44)(H,41,42). The SMILES string of the molecule is Cc1ccc(-c2c(CNC(=O)OC(C)(C)C)c(CC(C)C)nc3ccc(N(CCNC(=O)OC(C)(C)C)C(=O)C(=O)O)cc23)cc1. The van der Waals surface area contributed by atoms with Gasteiger partial charge in [-0.2, -0.15) is 0 Å². The molecule has 3 N–H and O–H groups in total. The van der Waals surface area contributed by atoms with Crippen molar-refractivity contribution < 1.29 is 33.8 Å². The summed E-state index contributed by atoms with van der Waals surface area (Å²) in [6.45, 7) is 16.7. The number of anilines is 1. The largest absolute Gasteiger partial charge is 0.474 e. The Morgan fingerprint density at radius 2 is 1.48 bits per heavy atom. The highest BCUT2D eigenvalue weighted by atomic mass is 16.6. The molecule has 46 heavy (non-hydrogen) atoms. The Balaban J connectivity index is 2.18. The quantitative estimate of drug-likeness (QED) is 0.230. The number of rotatable bonds is 9. The minimum absolute atomic E-state index is 0.0482. The minimum Gasteiger partial charge on any atom is -0.474 e. The molecule has 0 aliphatic rings. The maximum Gasteiger partial charge on any atom is 0.407 e. The Bertz CT molecular complexity index is 1590. The molecule has 11 nitrogen and oxygen atoms in total. The molecule has 3 aromatic rings. The highest BCUT2D eigenvalue weighted by Gasteiger charge is 2.26. The number of carboxylic acid groups (broad SMARTS) is 1. The first-order valence-electron chi connectivity index (χ1n) is 15.4. The Morgan fingerprint density at radius 3 is 2.02 bits per heavy atom. The average molecular weight is 635 g/mol. The highest BCUT2D eigenvalue weighted by molar-refractivity contribution is 6.37. The number of ether oxygens (including phenoxy) is 2. The first-order valence-corrected chi connectivity index (χ1v) is 15.4. The Hall–Kier alpha value is -4.67. The molecule has 0 radical (unpaired) electrons. The number of nitrogens with zero attached hydrogens (tertiary/aromatic N) is 2. The molecule has 0 aliphatic heterocycles. The van der Waals surface area contributed by atoms with E-state index in [0.717, 1.165) is 32.8 Å². The van der Waals surface area contributed by atoms with Crippen LogP contribution in [0.25, 0.3) is 22.0 Å². The van der Waals surface area contributed by atoms with Gasteiger partial charge in [-0.3, -0.25) is 9.78 Å². The second-order valence-electron chi connectivity index (χ2n) is 13.6. The van der Waals surface area contributed by atoms with E-state index >= 15 is 0 Å². The zero-order chi connectivity index (χ0) is 34.4. The molecule has 248 valence electrons. The van der Waals surface area contributed by atoms with Gasteiger partial charge in [-0.15, -0.1) is 0 Å². The first-order chi connectivity index (χ1) is 21.3. The number of hydrogen-bond donors (Lipinski definition) is 3. The van der Waals surface area contributed by atoms with Gasteiger partial charge in [0, 0.05) is 42.0 Å². The molecule has 0 aliphatic carbocycles. The lowest BCUT2D eigenvalue weighted by Gasteiger charge is -2.24. The number of aryl methyl sites for hydroxylation is 1. The zero-order valence-electron chi connectivity index (χ0n) is 28.2. The summed E-state index contributed by atoms with van der Waals surface area (Å²) in [6.07, 6.45) is -0.608. The maximum atomic E-state index is 12.9. The number of hydrogen-bond acceptors (Lipinski definition) is 7. The molecule has 0 spiro atoms. The van der Waals surface area contributed by atoms with E-state index in [9.17, 15) is 24.3 Å². The van der Waals surface area contributed by atoms with E-state index < -0.39 is 35.3 Å². The van der Waals surface area contributed by atoms with E-state index in [1.54, 1.807) is 59.7 Å². The fourth-order valence-electron chi connectivity index (χ4n) is 4.83. The van der Waals surface area contributed by atoms with Crippen LogP contribution in [0.4, 0.5) is 15.3 Å². The Kier molecular flexibility index (Phi) is 11.4. The van der Waals surface area contributed by atoms with Gasteiger partial charge in [-0.05, 0) is 90.1 Å². The van der Waals surface area contributed by atoms with Crippen LogP contribution in [0.15, 0.2) is 42.5 Å². The second kappa shape index (κ2) is 14.6. The van der Waals surface area contributed by atoms with Crippen LogP contribution in [0.2, 0.25) is 0 Å². The van der Waals surface area contributed by atoms with Crippen molar-refractivity contribution >= 4 is 40.7 Å². The molecular weight excluding hydrogens is 588 g/mol. The molecule has 0 saturated carbocycles. The number of aromatic nitrogens is 1. The number of carbonyl (C=O) groups is 4. The third-order valence-corrected chi connectivity index (χ3v) is 6.65. The van der Waals surface area contributed by atoms with Crippen LogP contribution < -0.4 is 15.5 Å². The summed E-state index contributed by atoms with van der Waals surface area (Å²) in [6, 6.07) is 13.1. The molecule has 1 aromatic heterocycles. The molecule has 0 bridgehead atoms. The van der Waals surface area contributed by atoms with Gasteiger partial charge in [-0.25, -0.2) is 14.4 Å². The molecular formula is C35H46N4O7. The smallest absolute Gasteiger partial charge is 0.407 e.